The van der Waals surface area contributed by atoms with E-state index in [9.17, 15) is 0 Å². The van der Waals surface area contributed by atoms with Gasteiger partial charge < -0.3 is 24.8 Å². The van der Waals surface area contributed by atoms with Gasteiger partial charge in [0.05, 0.1) is 30.3 Å². The molecule has 1 saturated heterocycles. The maximum absolute atomic E-state index is 5.91. The molecule has 2 atom stereocenters. The van der Waals surface area contributed by atoms with E-state index < -0.39 is 0 Å². The number of nitrogens with zero attached hydrogens (tertiary/aromatic N) is 1. The summed E-state index contributed by atoms with van der Waals surface area (Å²) >= 11 is 3.49. The molecule has 0 saturated carbocycles. The molecule has 1 aliphatic heterocycles. The van der Waals surface area contributed by atoms with Gasteiger partial charge in [-0.1, -0.05) is 12.1 Å². The van der Waals surface area contributed by atoms with Gasteiger partial charge in [-0.25, -0.2) is 0 Å². The van der Waals surface area contributed by atoms with Crippen molar-refractivity contribution in [3.63, 3.8) is 0 Å². The van der Waals surface area contributed by atoms with Crippen molar-refractivity contribution in [1.29, 1.82) is 0 Å². The van der Waals surface area contributed by atoms with Crippen LogP contribution in [0.15, 0.2) is 33.7 Å². The van der Waals surface area contributed by atoms with E-state index in [0.29, 0.717) is 26.3 Å². The lowest BCUT2D eigenvalue weighted by molar-refractivity contribution is 0.0191. The van der Waals surface area contributed by atoms with Gasteiger partial charge in [0.15, 0.2) is 5.96 Å². The molecule has 148 valence electrons. The number of guanidine groups is 1. The molecule has 2 rings (SSSR count). The molecule has 0 spiro atoms. The van der Waals surface area contributed by atoms with E-state index in [-0.39, 0.29) is 36.2 Å². The van der Waals surface area contributed by atoms with Gasteiger partial charge in [0, 0.05) is 20.2 Å². The second-order valence-corrected chi connectivity index (χ2v) is 6.80. The summed E-state index contributed by atoms with van der Waals surface area (Å²) in [4.78, 5) is 4.21. The largest absolute Gasteiger partial charge is 0.488 e. The summed E-state index contributed by atoms with van der Waals surface area (Å²) in [6.45, 7) is 5.53. The standard InChI is InChI=1S/C18H28BrN3O3.HI/c1-14(25-17-8-4-3-7-16(17)19)12-22-18(20-2)21-9-11-23-13-15-6-5-10-24-15;/h3-4,7-8,14-15H,5-6,9-13H2,1-2H3,(H2,20,21,22);1H. The SMILES string of the molecule is CN=C(NCCOCC1CCCO1)NCC(C)Oc1ccccc1Br.I. The molecule has 6 nitrogen and oxygen atoms in total. The van der Waals surface area contributed by atoms with Crippen LogP contribution in [0.2, 0.25) is 0 Å². The summed E-state index contributed by atoms with van der Waals surface area (Å²) in [7, 11) is 1.75. The van der Waals surface area contributed by atoms with Crippen molar-refractivity contribution in [3.05, 3.63) is 28.7 Å². The lowest BCUT2D eigenvalue weighted by Gasteiger charge is -2.18. The first-order valence-corrected chi connectivity index (χ1v) is 9.53. The lowest BCUT2D eigenvalue weighted by Crippen LogP contribution is -2.43. The molecule has 0 aliphatic carbocycles. The van der Waals surface area contributed by atoms with E-state index in [1.54, 1.807) is 7.05 Å². The van der Waals surface area contributed by atoms with Crippen molar-refractivity contribution in [3.8, 4) is 5.75 Å². The van der Waals surface area contributed by atoms with Crippen LogP contribution in [0.25, 0.3) is 0 Å². The summed E-state index contributed by atoms with van der Waals surface area (Å²) < 4.78 is 18.0. The Balaban J connectivity index is 0.00000338. The molecule has 1 aliphatic rings. The van der Waals surface area contributed by atoms with Gasteiger partial charge in [-0.15, -0.1) is 24.0 Å². The van der Waals surface area contributed by atoms with Crippen LogP contribution < -0.4 is 15.4 Å². The van der Waals surface area contributed by atoms with Crippen LogP contribution >= 0.6 is 39.9 Å². The molecule has 1 aromatic carbocycles. The Kier molecular flexibility index (Phi) is 12.2. The fraction of sp³-hybridized carbons (Fsp3) is 0.611. The molecule has 0 bridgehead atoms. The fourth-order valence-corrected chi connectivity index (χ4v) is 2.87. The van der Waals surface area contributed by atoms with Crippen molar-refractivity contribution < 1.29 is 14.2 Å². The summed E-state index contributed by atoms with van der Waals surface area (Å²) in [5.74, 6) is 1.57. The quantitative estimate of drug-likeness (QED) is 0.217. The second-order valence-electron chi connectivity index (χ2n) is 5.95. The number of halogens is 2. The minimum absolute atomic E-state index is 0. The molecular weight excluding hydrogens is 513 g/mol. The highest BCUT2D eigenvalue weighted by atomic mass is 127. The average Bonchev–Trinajstić information content (AvgIpc) is 3.13. The van der Waals surface area contributed by atoms with Crippen LogP contribution in [-0.2, 0) is 9.47 Å². The maximum atomic E-state index is 5.91. The molecule has 1 heterocycles. The molecule has 8 heteroatoms. The van der Waals surface area contributed by atoms with Crippen LogP contribution in [0.1, 0.15) is 19.8 Å². The van der Waals surface area contributed by atoms with Crippen LogP contribution in [0.4, 0.5) is 0 Å². The van der Waals surface area contributed by atoms with E-state index in [1.807, 2.05) is 31.2 Å². The predicted octanol–water partition coefficient (Wildman–Crippen LogP) is 3.20. The first kappa shape index (κ1) is 23.5. The summed E-state index contributed by atoms with van der Waals surface area (Å²) in [6, 6.07) is 7.83. The summed E-state index contributed by atoms with van der Waals surface area (Å²) in [5.41, 5.74) is 0. The highest BCUT2D eigenvalue weighted by Gasteiger charge is 2.15. The molecule has 1 aromatic rings. The molecule has 2 unspecified atom stereocenters. The minimum Gasteiger partial charge on any atom is -0.488 e. The van der Waals surface area contributed by atoms with Gasteiger partial charge in [-0.05, 0) is 47.8 Å². The third kappa shape index (κ3) is 8.88. The Morgan fingerprint density at radius 3 is 2.88 bits per heavy atom. The molecule has 0 aromatic heterocycles. The van der Waals surface area contributed by atoms with Gasteiger partial charge in [-0.2, -0.15) is 0 Å². The average molecular weight is 542 g/mol. The number of para-hydroxylation sites is 1. The zero-order valence-corrected chi connectivity index (χ0v) is 19.3. The number of hydrogen-bond acceptors (Lipinski definition) is 4. The monoisotopic (exact) mass is 541 g/mol. The minimum atomic E-state index is 0. The van der Waals surface area contributed by atoms with Gasteiger partial charge in [0.2, 0.25) is 0 Å². The van der Waals surface area contributed by atoms with E-state index in [0.717, 1.165) is 35.6 Å². The molecular formula is C18H29BrIN3O3. The number of rotatable bonds is 9. The molecule has 0 radical (unpaired) electrons. The summed E-state index contributed by atoms with van der Waals surface area (Å²) in [5, 5.41) is 6.49. The highest BCUT2D eigenvalue weighted by molar-refractivity contribution is 14.0. The van der Waals surface area contributed by atoms with Crippen LogP contribution in [0, 0.1) is 0 Å². The van der Waals surface area contributed by atoms with Gasteiger partial charge in [0.1, 0.15) is 11.9 Å². The van der Waals surface area contributed by atoms with E-state index in [4.69, 9.17) is 14.2 Å². The van der Waals surface area contributed by atoms with Crippen molar-refractivity contribution in [2.24, 2.45) is 4.99 Å². The summed E-state index contributed by atoms with van der Waals surface area (Å²) in [6.07, 6.45) is 2.52. The van der Waals surface area contributed by atoms with Crippen LogP contribution in [0.5, 0.6) is 5.75 Å². The van der Waals surface area contributed by atoms with Crippen molar-refractivity contribution >= 4 is 45.9 Å². The maximum Gasteiger partial charge on any atom is 0.191 e. The lowest BCUT2D eigenvalue weighted by atomic mass is 10.2. The highest BCUT2D eigenvalue weighted by Crippen LogP contribution is 2.24. The van der Waals surface area contributed by atoms with Gasteiger partial charge in [0.25, 0.3) is 0 Å². The Morgan fingerprint density at radius 2 is 2.19 bits per heavy atom. The number of nitrogens with one attached hydrogen (secondary N) is 2. The fourth-order valence-electron chi connectivity index (χ4n) is 2.49. The van der Waals surface area contributed by atoms with Crippen LogP contribution in [0.3, 0.4) is 0 Å². The normalized spacial score (nSPS) is 18.1. The van der Waals surface area contributed by atoms with E-state index in [1.165, 1.54) is 0 Å². The third-order valence-corrected chi connectivity index (χ3v) is 4.47. The number of ether oxygens (including phenoxy) is 3. The smallest absolute Gasteiger partial charge is 0.191 e. The third-order valence-electron chi connectivity index (χ3n) is 3.81. The zero-order chi connectivity index (χ0) is 17.9. The van der Waals surface area contributed by atoms with Crippen molar-refractivity contribution in [1.82, 2.24) is 10.6 Å². The Morgan fingerprint density at radius 1 is 1.38 bits per heavy atom. The Labute approximate surface area is 181 Å². The topological polar surface area (TPSA) is 64.1 Å². The van der Waals surface area contributed by atoms with Crippen molar-refractivity contribution in [2.75, 3.05) is 40.0 Å². The second kappa shape index (κ2) is 13.6. The van der Waals surface area contributed by atoms with Crippen molar-refractivity contribution in [2.45, 2.75) is 32.0 Å². The van der Waals surface area contributed by atoms with Gasteiger partial charge >= 0.3 is 0 Å². The zero-order valence-electron chi connectivity index (χ0n) is 15.4. The molecule has 0 amide bonds. The van der Waals surface area contributed by atoms with E-state index >= 15 is 0 Å². The molecule has 26 heavy (non-hydrogen) atoms. The number of hydrogen-bond donors (Lipinski definition) is 2. The van der Waals surface area contributed by atoms with E-state index in [2.05, 4.69) is 31.6 Å². The predicted molar refractivity (Wildman–Crippen MR) is 119 cm³/mol. The first-order valence-electron chi connectivity index (χ1n) is 8.74. The van der Waals surface area contributed by atoms with Crippen LogP contribution in [-0.4, -0.2) is 58.1 Å². The number of aliphatic imine (C=N–C) groups is 1. The Bertz CT molecular complexity index is 542. The number of benzene rings is 1. The first-order chi connectivity index (χ1) is 12.2. The molecule has 2 N–H and O–H groups in total. The molecule has 1 fully saturated rings. The Hall–Kier alpha value is -0.580. The van der Waals surface area contributed by atoms with Gasteiger partial charge in [-0.3, -0.25) is 4.99 Å².